The summed E-state index contributed by atoms with van der Waals surface area (Å²) in [6, 6.07) is 1.30. The zero-order valence-corrected chi connectivity index (χ0v) is 13.5. The molecule has 6 nitrogen and oxygen atoms in total. The molecular formula is C15H24N2O4. The van der Waals surface area contributed by atoms with Gasteiger partial charge < -0.3 is 4.74 Å². The van der Waals surface area contributed by atoms with E-state index in [2.05, 4.69) is 0 Å². The number of nitrogens with zero attached hydrogens (tertiary/aromatic N) is 2. The Morgan fingerprint density at radius 2 is 1.81 bits per heavy atom. The first-order valence-corrected chi connectivity index (χ1v) is 7.05. The third kappa shape index (κ3) is 4.06. The van der Waals surface area contributed by atoms with E-state index in [9.17, 15) is 14.4 Å². The molecule has 1 unspecified atom stereocenters. The zero-order valence-electron chi connectivity index (χ0n) is 13.5. The summed E-state index contributed by atoms with van der Waals surface area (Å²) in [6.45, 7) is 10.8. The smallest absolute Gasteiger partial charge is 0.334 e. The minimum atomic E-state index is -0.486. The molecule has 0 saturated heterocycles. The van der Waals surface area contributed by atoms with E-state index in [1.54, 1.807) is 6.92 Å². The Kier molecular flexibility index (Phi) is 5.15. The Morgan fingerprint density at radius 1 is 1.24 bits per heavy atom. The third-order valence-electron chi connectivity index (χ3n) is 3.50. The fraction of sp³-hybridized carbons (Fsp3) is 0.667. The van der Waals surface area contributed by atoms with E-state index >= 15 is 0 Å². The van der Waals surface area contributed by atoms with Crippen LogP contribution < -0.4 is 11.2 Å². The number of aromatic nitrogens is 2. The summed E-state index contributed by atoms with van der Waals surface area (Å²) in [7, 11) is 0. The van der Waals surface area contributed by atoms with Crippen molar-refractivity contribution in [3.05, 3.63) is 33.1 Å². The lowest BCUT2D eigenvalue weighted by Crippen LogP contribution is -2.45. The van der Waals surface area contributed by atoms with Gasteiger partial charge in [0.25, 0.3) is 5.56 Å². The normalized spacial score (nSPS) is 13.3. The second-order valence-corrected chi connectivity index (χ2v) is 6.53. The fourth-order valence-corrected chi connectivity index (χ4v) is 1.68. The van der Waals surface area contributed by atoms with Gasteiger partial charge in [-0.3, -0.25) is 14.2 Å². The van der Waals surface area contributed by atoms with Crippen LogP contribution in [0.15, 0.2) is 21.9 Å². The molecule has 0 spiro atoms. The van der Waals surface area contributed by atoms with E-state index in [1.807, 2.05) is 34.6 Å². The highest BCUT2D eigenvalue weighted by molar-refractivity contribution is 5.72. The van der Waals surface area contributed by atoms with E-state index in [-0.39, 0.29) is 18.6 Å². The van der Waals surface area contributed by atoms with E-state index in [4.69, 9.17) is 4.74 Å². The molecule has 0 fully saturated rings. The number of ether oxygens (including phenoxy) is 1. The standard InChI is InChI=1S/C15H24N2O4/c1-10(2)11(3)13(19)21-9-16-12(18)7-8-17(14(16)20)15(4,5)6/h7-8,10-11H,9H2,1-6H3. The van der Waals surface area contributed by atoms with E-state index in [1.165, 1.54) is 16.8 Å². The highest BCUT2D eigenvalue weighted by Gasteiger charge is 2.20. The van der Waals surface area contributed by atoms with Crippen molar-refractivity contribution >= 4 is 5.97 Å². The van der Waals surface area contributed by atoms with E-state index in [0.29, 0.717) is 0 Å². The van der Waals surface area contributed by atoms with Gasteiger partial charge >= 0.3 is 11.7 Å². The largest absolute Gasteiger partial charge is 0.443 e. The number of rotatable bonds is 4. The third-order valence-corrected chi connectivity index (χ3v) is 3.50. The number of carbonyl (C=O) groups excluding carboxylic acids is 1. The zero-order chi connectivity index (χ0) is 16.4. The molecule has 0 radical (unpaired) electrons. The molecule has 1 heterocycles. The van der Waals surface area contributed by atoms with Gasteiger partial charge in [-0.25, -0.2) is 9.36 Å². The van der Waals surface area contributed by atoms with Crippen molar-refractivity contribution in [2.45, 2.75) is 53.8 Å². The lowest BCUT2D eigenvalue weighted by Gasteiger charge is -2.23. The van der Waals surface area contributed by atoms with Gasteiger partial charge in [0.2, 0.25) is 0 Å². The Hall–Kier alpha value is -1.85. The Bertz CT molecular complexity index is 620. The van der Waals surface area contributed by atoms with Gasteiger partial charge in [-0.15, -0.1) is 0 Å². The molecule has 21 heavy (non-hydrogen) atoms. The molecule has 0 aromatic carbocycles. The van der Waals surface area contributed by atoms with Crippen molar-refractivity contribution in [2.75, 3.05) is 0 Å². The molecule has 0 N–H and O–H groups in total. The van der Waals surface area contributed by atoms with Crippen LogP contribution >= 0.6 is 0 Å². The average Bonchev–Trinajstić information content (AvgIpc) is 2.35. The van der Waals surface area contributed by atoms with Gasteiger partial charge in [-0.2, -0.15) is 0 Å². The number of hydrogen-bond donors (Lipinski definition) is 0. The van der Waals surface area contributed by atoms with Crippen LogP contribution in [0.1, 0.15) is 41.5 Å². The van der Waals surface area contributed by atoms with Crippen LogP contribution in [0, 0.1) is 11.8 Å². The Labute approximate surface area is 124 Å². The second-order valence-electron chi connectivity index (χ2n) is 6.53. The van der Waals surface area contributed by atoms with E-state index in [0.717, 1.165) is 4.57 Å². The van der Waals surface area contributed by atoms with Crippen LogP contribution in [0.5, 0.6) is 0 Å². The monoisotopic (exact) mass is 296 g/mol. The van der Waals surface area contributed by atoms with Crippen LogP contribution in [-0.4, -0.2) is 15.1 Å². The molecule has 0 saturated carbocycles. The molecule has 6 heteroatoms. The van der Waals surface area contributed by atoms with Gasteiger partial charge in [0.05, 0.1) is 5.92 Å². The maximum Gasteiger partial charge on any atom is 0.334 e. The predicted octanol–water partition coefficient (Wildman–Crippen LogP) is 1.56. The first-order valence-electron chi connectivity index (χ1n) is 7.05. The first kappa shape index (κ1) is 17.2. The Morgan fingerprint density at radius 3 is 2.29 bits per heavy atom. The number of esters is 1. The Balaban J connectivity index is 3.03. The van der Waals surface area contributed by atoms with Gasteiger partial charge in [0, 0.05) is 17.8 Å². The highest BCUT2D eigenvalue weighted by atomic mass is 16.5. The topological polar surface area (TPSA) is 70.3 Å². The minimum absolute atomic E-state index is 0.135. The van der Waals surface area contributed by atoms with Crippen LogP contribution in [-0.2, 0) is 21.8 Å². The summed E-state index contributed by atoms with van der Waals surface area (Å²) in [5.41, 5.74) is -1.42. The fourth-order valence-electron chi connectivity index (χ4n) is 1.68. The average molecular weight is 296 g/mol. The summed E-state index contributed by atoms with van der Waals surface area (Å²) in [5, 5.41) is 0. The lowest BCUT2D eigenvalue weighted by atomic mass is 9.99. The number of hydrogen-bond acceptors (Lipinski definition) is 4. The molecule has 1 atom stereocenters. The van der Waals surface area contributed by atoms with Crippen molar-refractivity contribution in [3.8, 4) is 0 Å². The van der Waals surface area contributed by atoms with Crippen molar-refractivity contribution in [1.29, 1.82) is 0 Å². The van der Waals surface area contributed by atoms with Crippen molar-refractivity contribution in [2.24, 2.45) is 11.8 Å². The van der Waals surface area contributed by atoms with Gasteiger partial charge in [-0.05, 0) is 26.7 Å². The predicted molar refractivity (Wildman–Crippen MR) is 80.1 cm³/mol. The molecular weight excluding hydrogens is 272 g/mol. The van der Waals surface area contributed by atoms with Crippen LogP contribution in [0.2, 0.25) is 0 Å². The highest BCUT2D eigenvalue weighted by Crippen LogP contribution is 2.11. The van der Waals surface area contributed by atoms with Gasteiger partial charge in [0.1, 0.15) is 0 Å². The summed E-state index contributed by atoms with van der Waals surface area (Å²) >= 11 is 0. The van der Waals surface area contributed by atoms with Gasteiger partial charge in [0.15, 0.2) is 6.73 Å². The van der Waals surface area contributed by atoms with Crippen molar-refractivity contribution in [3.63, 3.8) is 0 Å². The van der Waals surface area contributed by atoms with Crippen LogP contribution in [0.3, 0.4) is 0 Å². The molecule has 1 aromatic heterocycles. The maximum atomic E-state index is 12.3. The van der Waals surface area contributed by atoms with E-state index < -0.39 is 22.8 Å². The first-order chi connectivity index (χ1) is 9.55. The van der Waals surface area contributed by atoms with Crippen LogP contribution in [0.4, 0.5) is 0 Å². The van der Waals surface area contributed by atoms with Crippen molar-refractivity contribution in [1.82, 2.24) is 9.13 Å². The van der Waals surface area contributed by atoms with Crippen molar-refractivity contribution < 1.29 is 9.53 Å². The molecule has 0 aliphatic heterocycles. The quantitative estimate of drug-likeness (QED) is 0.791. The summed E-state index contributed by atoms with van der Waals surface area (Å²) in [5.74, 6) is -0.562. The summed E-state index contributed by atoms with van der Waals surface area (Å²) in [4.78, 5) is 35.9. The molecule has 0 aliphatic rings. The summed E-state index contributed by atoms with van der Waals surface area (Å²) < 4.78 is 7.46. The summed E-state index contributed by atoms with van der Waals surface area (Å²) in [6.07, 6.45) is 1.46. The van der Waals surface area contributed by atoms with Gasteiger partial charge in [-0.1, -0.05) is 20.8 Å². The molecule has 0 amide bonds. The second kappa shape index (κ2) is 6.28. The van der Waals surface area contributed by atoms with Crippen LogP contribution in [0.25, 0.3) is 0 Å². The molecule has 1 aromatic rings. The lowest BCUT2D eigenvalue weighted by molar-refractivity contribution is -0.153. The molecule has 0 bridgehead atoms. The molecule has 1 rings (SSSR count). The molecule has 0 aliphatic carbocycles. The minimum Gasteiger partial charge on any atom is -0.443 e. The number of carbonyl (C=O) groups is 1. The SMILES string of the molecule is CC(C)C(C)C(=O)OCn1c(=O)ccn(C(C)(C)C)c1=O. The maximum absolute atomic E-state index is 12.3. The molecule has 118 valence electrons.